The summed E-state index contributed by atoms with van der Waals surface area (Å²) in [5.41, 5.74) is 0.818. The lowest BCUT2D eigenvalue weighted by Crippen LogP contribution is -2.21. The van der Waals surface area contributed by atoms with Crippen molar-refractivity contribution in [3.8, 4) is 0 Å². The maximum absolute atomic E-state index is 10.9. The summed E-state index contributed by atoms with van der Waals surface area (Å²) in [6, 6.07) is 8.39. The van der Waals surface area contributed by atoms with Gasteiger partial charge < -0.3 is 14.8 Å². The van der Waals surface area contributed by atoms with Gasteiger partial charge in [-0.3, -0.25) is 0 Å². The largest absolute Gasteiger partial charge is 0.480 e. The summed E-state index contributed by atoms with van der Waals surface area (Å²) < 4.78 is 1.57. The van der Waals surface area contributed by atoms with Gasteiger partial charge >= 0.3 is 5.97 Å². The number of hydrogen-bond acceptors (Lipinski definition) is 2. The summed E-state index contributed by atoms with van der Waals surface area (Å²) in [4.78, 5) is 10.9. The summed E-state index contributed by atoms with van der Waals surface area (Å²) in [5.74, 6) is -1.03. The fourth-order valence-corrected chi connectivity index (χ4v) is 1.66. The van der Waals surface area contributed by atoms with Crippen molar-refractivity contribution < 1.29 is 15.0 Å². The molecule has 78 valence electrons. The lowest BCUT2D eigenvalue weighted by molar-refractivity contribution is -0.141. The fourth-order valence-electron chi connectivity index (χ4n) is 1.66. The number of hydrogen-bond donors (Lipinski definition) is 2. The van der Waals surface area contributed by atoms with E-state index >= 15 is 0 Å². The number of rotatable bonds is 3. The van der Waals surface area contributed by atoms with Gasteiger partial charge in [0, 0.05) is 11.7 Å². The van der Waals surface area contributed by atoms with Crippen molar-refractivity contribution in [3.05, 3.63) is 36.5 Å². The normalized spacial score (nSPS) is 12.9. The second-order valence-corrected chi connectivity index (χ2v) is 3.32. The summed E-state index contributed by atoms with van der Waals surface area (Å²) in [7, 11) is 0. The van der Waals surface area contributed by atoms with Crippen LogP contribution in [-0.4, -0.2) is 27.4 Å². The minimum absolute atomic E-state index is 0.409. The first-order valence-electron chi connectivity index (χ1n) is 4.63. The minimum atomic E-state index is -1.03. The highest BCUT2D eigenvalue weighted by Gasteiger charge is 2.19. The maximum Gasteiger partial charge on any atom is 0.329 e. The molecule has 2 N–H and O–H groups in total. The van der Waals surface area contributed by atoms with Crippen molar-refractivity contribution in [1.29, 1.82) is 0 Å². The number of aromatic nitrogens is 1. The molecule has 0 saturated carbocycles. The van der Waals surface area contributed by atoms with Gasteiger partial charge in [0.25, 0.3) is 0 Å². The van der Waals surface area contributed by atoms with Crippen molar-refractivity contribution in [1.82, 2.24) is 4.57 Å². The number of para-hydroxylation sites is 1. The van der Waals surface area contributed by atoms with Crippen LogP contribution in [0.3, 0.4) is 0 Å². The van der Waals surface area contributed by atoms with E-state index in [9.17, 15) is 4.79 Å². The standard InChI is InChI=1S/C11H11NO3/c13-7-10(11(14)15)12-6-5-8-3-1-2-4-9(8)12/h1-6,10,13H,7H2,(H,14,15)/t10-/m0/s1. The lowest BCUT2D eigenvalue weighted by atomic mass is 10.2. The molecule has 2 aromatic rings. The Morgan fingerprint density at radius 2 is 2.07 bits per heavy atom. The fraction of sp³-hybridized carbons (Fsp3) is 0.182. The van der Waals surface area contributed by atoms with Gasteiger partial charge in [0.15, 0.2) is 6.04 Å². The summed E-state index contributed by atoms with van der Waals surface area (Å²) >= 11 is 0. The Balaban J connectivity index is 2.55. The van der Waals surface area contributed by atoms with Crippen LogP contribution in [-0.2, 0) is 4.79 Å². The zero-order chi connectivity index (χ0) is 10.8. The van der Waals surface area contributed by atoms with Gasteiger partial charge in [-0.2, -0.15) is 0 Å². The van der Waals surface area contributed by atoms with Crippen molar-refractivity contribution in [2.45, 2.75) is 6.04 Å². The van der Waals surface area contributed by atoms with E-state index < -0.39 is 18.6 Å². The highest BCUT2D eigenvalue weighted by molar-refractivity contribution is 5.83. The number of carboxylic acids is 1. The Kier molecular flexibility index (Phi) is 2.43. The first-order chi connectivity index (χ1) is 7.24. The van der Waals surface area contributed by atoms with Crippen LogP contribution in [0.2, 0.25) is 0 Å². The highest BCUT2D eigenvalue weighted by Crippen LogP contribution is 2.19. The van der Waals surface area contributed by atoms with Crippen LogP contribution in [0.15, 0.2) is 36.5 Å². The summed E-state index contributed by atoms with van der Waals surface area (Å²) in [6.45, 7) is -0.409. The van der Waals surface area contributed by atoms with Gasteiger partial charge in [0.2, 0.25) is 0 Å². The molecule has 0 unspecified atom stereocenters. The van der Waals surface area contributed by atoms with Crippen molar-refractivity contribution in [2.75, 3.05) is 6.61 Å². The van der Waals surface area contributed by atoms with Crippen LogP contribution in [0.25, 0.3) is 10.9 Å². The van der Waals surface area contributed by atoms with E-state index in [1.165, 1.54) is 0 Å². The lowest BCUT2D eigenvalue weighted by Gasteiger charge is -2.12. The number of benzene rings is 1. The van der Waals surface area contributed by atoms with Crippen LogP contribution in [0.4, 0.5) is 0 Å². The molecular formula is C11H11NO3. The number of aliphatic hydroxyl groups is 1. The molecule has 0 bridgehead atoms. The maximum atomic E-state index is 10.9. The minimum Gasteiger partial charge on any atom is -0.480 e. The SMILES string of the molecule is O=C(O)[C@H](CO)n1ccc2ccccc21. The van der Waals surface area contributed by atoms with Crippen molar-refractivity contribution in [3.63, 3.8) is 0 Å². The van der Waals surface area contributed by atoms with Gasteiger partial charge in [-0.05, 0) is 17.5 Å². The number of carboxylic acid groups (broad SMARTS) is 1. The zero-order valence-corrected chi connectivity index (χ0v) is 8.00. The molecule has 1 aromatic carbocycles. The van der Waals surface area contributed by atoms with Gasteiger partial charge in [0.1, 0.15) is 0 Å². The van der Waals surface area contributed by atoms with Gasteiger partial charge in [-0.15, -0.1) is 0 Å². The van der Waals surface area contributed by atoms with E-state index in [2.05, 4.69) is 0 Å². The first-order valence-corrected chi connectivity index (χ1v) is 4.63. The van der Waals surface area contributed by atoms with Gasteiger partial charge in [-0.25, -0.2) is 4.79 Å². The number of carbonyl (C=O) groups is 1. The van der Waals surface area contributed by atoms with E-state index in [4.69, 9.17) is 10.2 Å². The molecule has 0 spiro atoms. The van der Waals surface area contributed by atoms with Crippen LogP contribution >= 0.6 is 0 Å². The topological polar surface area (TPSA) is 62.5 Å². The Bertz CT molecular complexity index is 489. The molecule has 1 atom stereocenters. The predicted molar refractivity (Wildman–Crippen MR) is 55.7 cm³/mol. The van der Waals surface area contributed by atoms with Crippen LogP contribution in [0.5, 0.6) is 0 Å². The highest BCUT2D eigenvalue weighted by atomic mass is 16.4. The molecule has 0 aliphatic heterocycles. The van der Waals surface area contributed by atoms with Gasteiger partial charge in [-0.1, -0.05) is 18.2 Å². The Hall–Kier alpha value is -1.81. The van der Waals surface area contributed by atoms with E-state index in [-0.39, 0.29) is 0 Å². The molecule has 2 rings (SSSR count). The van der Waals surface area contributed by atoms with Crippen LogP contribution in [0, 0.1) is 0 Å². The van der Waals surface area contributed by atoms with E-state index in [1.54, 1.807) is 10.8 Å². The number of nitrogens with zero attached hydrogens (tertiary/aromatic N) is 1. The summed E-state index contributed by atoms with van der Waals surface area (Å²) in [5, 5.41) is 18.9. The van der Waals surface area contributed by atoms with Gasteiger partial charge in [0.05, 0.1) is 6.61 Å². The molecule has 4 heteroatoms. The van der Waals surface area contributed by atoms with E-state index in [0.717, 1.165) is 10.9 Å². The Labute approximate surface area is 86.4 Å². The quantitative estimate of drug-likeness (QED) is 0.792. The molecule has 0 saturated heterocycles. The van der Waals surface area contributed by atoms with Crippen LogP contribution < -0.4 is 0 Å². The third kappa shape index (κ3) is 1.59. The second-order valence-electron chi connectivity index (χ2n) is 3.32. The monoisotopic (exact) mass is 205 g/mol. The molecule has 0 amide bonds. The molecule has 0 radical (unpaired) electrons. The van der Waals surface area contributed by atoms with Crippen molar-refractivity contribution in [2.24, 2.45) is 0 Å². The van der Waals surface area contributed by atoms with E-state index in [1.807, 2.05) is 30.3 Å². The third-order valence-corrected chi connectivity index (χ3v) is 2.42. The van der Waals surface area contributed by atoms with E-state index in [0.29, 0.717) is 0 Å². The van der Waals surface area contributed by atoms with Crippen LogP contribution in [0.1, 0.15) is 6.04 Å². The Morgan fingerprint density at radius 3 is 2.73 bits per heavy atom. The number of fused-ring (bicyclic) bond motifs is 1. The number of aliphatic hydroxyl groups excluding tert-OH is 1. The predicted octanol–water partition coefficient (Wildman–Crippen LogP) is 1.26. The van der Waals surface area contributed by atoms with Crippen molar-refractivity contribution >= 4 is 16.9 Å². The molecule has 15 heavy (non-hydrogen) atoms. The average Bonchev–Trinajstić information content (AvgIpc) is 2.63. The zero-order valence-electron chi connectivity index (χ0n) is 8.00. The molecule has 4 nitrogen and oxygen atoms in total. The molecule has 0 aliphatic rings. The smallest absolute Gasteiger partial charge is 0.329 e. The molecule has 0 aliphatic carbocycles. The molecule has 0 fully saturated rings. The molecule has 1 aromatic heterocycles. The average molecular weight is 205 g/mol. The molecular weight excluding hydrogens is 194 g/mol. The second kappa shape index (κ2) is 3.74. The summed E-state index contributed by atoms with van der Waals surface area (Å²) in [6.07, 6.45) is 1.68. The molecule has 1 heterocycles. The Morgan fingerprint density at radius 1 is 1.33 bits per heavy atom. The third-order valence-electron chi connectivity index (χ3n) is 2.42. The first kappa shape index (κ1) is 9.73. The number of aliphatic carboxylic acids is 1.